The van der Waals surface area contributed by atoms with Gasteiger partial charge in [-0.25, -0.2) is 4.98 Å². The van der Waals surface area contributed by atoms with Gasteiger partial charge < -0.3 is 5.32 Å². The van der Waals surface area contributed by atoms with Gasteiger partial charge in [-0.2, -0.15) is 0 Å². The van der Waals surface area contributed by atoms with E-state index in [1.54, 1.807) is 18.3 Å². The average molecular weight is 371 g/mol. The number of nitrogens with one attached hydrogen (secondary N) is 2. The Kier molecular flexibility index (Phi) is 4.86. The van der Waals surface area contributed by atoms with Gasteiger partial charge in [0.05, 0.1) is 14.9 Å². The molecule has 0 fully saturated rings. The molecule has 2 aromatic rings. The zero-order chi connectivity index (χ0) is 15.4. The van der Waals surface area contributed by atoms with Gasteiger partial charge >= 0.3 is 5.69 Å². The van der Waals surface area contributed by atoms with E-state index in [1.165, 1.54) is 17.4 Å². The SMILES string of the molecule is CCNc1cccc(C(=O)Nc2ncc(Br)s2)c1[N+](=O)[O-]. The fourth-order valence-electron chi connectivity index (χ4n) is 1.73. The molecule has 1 heterocycles. The summed E-state index contributed by atoms with van der Waals surface area (Å²) >= 11 is 4.46. The van der Waals surface area contributed by atoms with Crippen molar-refractivity contribution in [1.82, 2.24) is 4.98 Å². The number of hydrogen-bond donors (Lipinski definition) is 2. The highest BCUT2D eigenvalue weighted by molar-refractivity contribution is 9.11. The molecular formula is C12H11BrN4O3S. The fourth-order valence-corrected chi connectivity index (χ4v) is 2.83. The third-order valence-corrected chi connectivity index (χ3v) is 3.92. The molecule has 0 saturated carbocycles. The van der Waals surface area contributed by atoms with Crippen molar-refractivity contribution in [3.63, 3.8) is 0 Å². The number of amides is 1. The van der Waals surface area contributed by atoms with Gasteiger partial charge in [0.2, 0.25) is 0 Å². The number of thiazole rings is 1. The van der Waals surface area contributed by atoms with E-state index in [0.29, 0.717) is 17.4 Å². The lowest BCUT2D eigenvalue weighted by Gasteiger charge is -2.08. The molecule has 0 aliphatic carbocycles. The second kappa shape index (κ2) is 6.64. The number of halogens is 1. The molecule has 21 heavy (non-hydrogen) atoms. The normalized spacial score (nSPS) is 10.2. The number of anilines is 2. The third kappa shape index (κ3) is 3.56. The minimum absolute atomic E-state index is 0.00947. The molecule has 0 saturated heterocycles. The van der Waals surface area contributed by atoms with E-state index < -0.39 is 10.8 Å². The van der Waals surface area contributed by atoms with Gasteiger partial charge in [-0.3, -0.25) is 20.2 Å². The summed E-state index contributed by atoms with van der Waals surface area (Å²) in [4.78, 5) is 26.9. The molecule has 0 bridgehead atoms. The molecule has 1 amide bonds. The molecule has 2 rings (SSSR count). The zero-order valence-corrected chi connectivity index (χ0v) is 13.3. The largest absolute Gasteiger partial charge is 0.380 e. The number of benzene rings is 1. The highest BCUT2D eigenvalue weighted by Crippen LogP contribution is 2.30. The number of nitrogens with zero attached hydrogens (tertiary/aromatic N) is 2. The van der Waals surface area contributed by atoms with E-state index in [2.05, 4.69) is 31.5 Å². The van der Waals surface area contributed by atoms with E-state index in [4.69, 9.17) is 0 Å². The maximum absolute atomic E-state index is 12.2. The standard InChI is InChI=1S/C12H11BrN4O3S/c1-2-14-8-5-3-4-7(10(8)17(19)20)11(18)16-12-15-6-9(13)21-12/h3-6,14H,2H2,1H3,(H,15,16,18). The Hall–Kier alpha value is -2.00. The van der Waals surface area contributed by atoms with Crippen LogP contribution in [0.3, 0.4) is 0 Å². The van der Waals surface area contributed by atoms with Gasteiger partial charge in [0.1, 0.15) is 11.3 Å². The fraction of sp³-hybridized carbons (Fsp3) is 0.167. The van der Waals surface area contributed by atoms with Crippen molar-refractivity contribution < 1.29 is 9.72 Å². The second-order valence-electron chi connectivity index (χ2n) is 3.91. The van der Waals surface area contributed by atoms with E-state index in [1.807, 2.05) is 6.92 Å². The molecular weight excluding hydrogens is 360 g/mol. The van der Waals surface area contributed by atoms with Crippen molar-refractivity contribution >= 4 is 49.7 Å². The lowest BCUT2D eigenvalue weighted by molar-refractivity contribution is -0.384. The van der Waals surface area contributed by atoms with Gasteiger partial charge in [-0.15, -0.1) is 0 Å². The van der Waals surface area contributed by atoms with Gasteiger partial charge in [0.25, 0.3) is 5.91 Å². The summed E-state index contributed by atoms with van der Waals surface area (Å²) in [6.45, 7) is 2.34. The highest BCUT2D eigenvalue weighted by Gasteiger charge is 2.24. The maximum Gasteiger partial charge on any atom is 0.305 e. The molecule has 0 unspecified atom stereocenters. The molecule has 1 aromatic heterocycles. The van der Waals surface area contributed by atoms with Crippen LogP contribution in [0.4, 0.5) is 16.5 Å². The first-order valence-corrected chi connectivity index (χ1v) is 7.57. The van der Waals surface area contributed by atoms with Crippen molar-refractivity contribution in [3.8, 4) is 0 Å². The molecule has 0 radical (unpaired) electrons. The van der Waals surface area contributed by atoms with Crippen LogP contribution in [0.15, 0.2) is 28.2 Å². The Morgan fingerprint density at radius 1 is 1.52 bits per heavy atom. The predicted molar refractivity (Wildman–Crippen MR) is 85.0 cm³/mol. The Balaban J connectivity index is 2.35. The van der Waals surface area contributed by atoms with Crippen LogP contribution in [0, 0.1) is 10.1 Å². The van der Waals surface area contributed by atoms with Gasteiger partial charge in [-0.1, -0.05) is 17.4 Å². The number of aromatic nitrogens is 1. The zero-order valence-electron chi connectivity index (χ0n) is 10.9. The number of rotatable bonds is 5. The predicted octanol–water partition coefficient (Wildman–Crippen LogP) is 3.50. The van der Waals surface area contributed by atoms with Crippen LogP contribution in [-0.4, -0.2) is 22.4 Å². The minimum atomic E-state index is -0.566. The maximum atomic E-state index is 12.2. The number of para-hydroxylation sites is 1. The first kappa shape index (κ1) is 15.4. The minimum Gasteiger partial charge on any atom is -0.380 e. The molecule has 110 valence electrons. The van der Waals surface area contributed by atoms with Crippen molar-refractivity contribution in [1.29, 1.82) is 0 Å². The van der Waals surface area contributed by atoms with Crippen LogP contribution in [0.25, 0.3) is 0 Å². The van der Waals surface area contributed by atoms with E-state index in [-0.39, 0.29) is 11.3 Å². The van der Waals surface area contributed by atoms with Crippen LogP contribution >= 0.6 is 27.3 Å². The number of carbonyl (C=O) groups excluding carboxylic acids is 1. The molecule has 0 aliphatic rings. The summed E-state index contributed by atoms with van der Waals surface area (Å²) in [7, 11) is 0. The number of nitro groups is 1. The van der Waals surface area contributed by atoms with Crippen LogP contribution in [0.5, 0.6) is 0 Å². The van der Waals surface area contributed by atoms with E-state index in [0.717, 1.165) is 3.79 Å². The van der Waals surface area contributed by atoms with Crippen LogP contribution in [0.2, 0.25) is 0 Å². The first-order valence-electron chi connectivity index (χ1n) is 5.97. The number of carbonyl (C=O) groups is 1. The van der Waals surface area contributed by atoms with Crippen molar-refractivity contribution in [2.75, 3.05) is 17.2 Å². The van der Waals surface area contributed by atoms with Gasteiger partial charge in [-0.05, 0) is 35.0 Å². The second-order valence-corrected chi connectivity index (χ2v) is 6.32. The van der Waals surface area contributed by atoms with Gasteiger partial charge in [0.15, 0.2) is 5.13 Å². The van der Waals surface area contributed by atoms with E-state index in [9.17, 15) is 14.9 Å². The summed E-state index contributed by atoms with van der Waals surface area (Å²) in [6.07, 6.45) is 1.55. The third-order valence-electron chi connectivity index (χ3n) is 2.53. The number of nitro benzene ring substituents is 1. The molecule has 2 N–H and O–H groups in total. The topological polar surface area (TPSA) is 97.2 Å². The Morgan fingerprint density at radius 2 is 2.29 bits per heavy atom. The highest BCUT2D eigenvalue weighted by atomic mass is 79.9. The summed E-state index contributed by atoms with van der Waals surface area (Å²) < 4.78 is 0.758. The molecule has 0 spiro atoms. The molecule has 7 nitrogen and oxygen atoms in total. The first-order chi connectivity index (χ1) is 10.0. The van der Waals surface area contributed by atoms with Crippen LogP contribution in [-0.2, 0) is 0 Å². The molecule has 9 heteroatoms. The molecule has 0 aliphatic heterocycles. The Bertz CT molecular complexity index is 689. The van der Waals surface area contributed by atoms with Crippen LogP contribution in [0.1, 0.15) is 17.3 Å². The van der Waals surface area contributed by atoms with Crippen molar-refractivity contribution in [3.05, 3.63) is 43.9 Å². The quantitative estimate of drug-likeness (QED) is 0.619. The van der Waals surface area contributed by atoms with Crippen molar-refractivity contribution in [2.24, 2.45) is 0 Å². The lowest BCUT2D eigenvalue weighted by atomic mass is 10.1. The smallest absolute Gasteiger partial charge is 0.305 e. The molecule has 1 aromatic carbocycles. The van der Waals surface area contributed by atoms with Crippen LogP contribution < -0.4 is 10.6 Å². The number of hydrogen-bond acceptors (Lipinski definition) is 6. The Morgan fingerprint density at radius 3 is 2.86 bits per heavy atom. The average Bonchev–Trinajstić information content (AvgIpc) is 2.84. The summed E-state index contributed by atoms with van der Waals surface area (Å²) in [5, 5.41) is 17.0. The van der Waals surface area contributed by atoms with Crippen molar-refractivity contribution in [2.45, 2.75) is 6.92 Å². The summed E-state index contributed by atoms with van der Waals surface area (Å²) in [6, 6.07) is 4.58. The van der Waals surface area contributed by atoms with Gasteiger partial charge in [0, 0.05) is 6.54 Å². The Labute approximate surface area is 132 Å². The molecule has 0 atom stereocenters. The van der Waals surface area contributed by atoms with E-state index >= 15 is 0 Å². The lowest BCUT2D eigenvalue weighted by Crippen LogP contribution is -2.15. The summed E-state index contributed by atoms with van der Waals surface area (Å²) in [5.41, 5.74) is 0.0627. The summed E-state index contributed by atoms with van der Waals surface area (Å²) in [5.74, 6) is -0.566. The monoisotopic (exact) mass is 370 g/mol.